The number of nitrogens with one attached hydrogen (secondary N) is 2. The molecule has 9 heteroatoms. The van der Waals surface area contributed by atoms with Crippen LogP contribution in [0.4, 0.5) is 10.2 Å². The molecular formula is C15H18FN5O2S. The smallest absolute Gasteiger partial charge is 0.215 e. The van der Waals surface area contributed by atoms with E-state index >= 15 is 0 Å². The SMILES string of the molecule is CC.Cc1ncc2[nH]c(NN)c(S(=O)(=O)c3ccccc3F)c2n1. The van der Waals surface area contributed by atoms with Crippen LogP contribution in [-0.4, -0.2) is 23.4 Å². The molecule has 3 rings (SSSR count). The minimum absolute atomic E-state index is 0.0261. The summed E-state index contributed by atoms with van der Waals surface area (Å²) in [5.41, 5.74) is 2.81. The van der Waals surface area contributed by atoms with E-state index < -0.39 is 20.5 Å². The van der Waals surface area contributed by atoms with Crippen molar-refractivity contribution in [3.8, 4) is 0 Å². The Bertz CT molecular complexity index is 969. The lowest BCUT2D eigenvalue weighted by atomic mass is 10.3. The molecule has 0 atom stereocenters. The molecule has 128 valence electrons. The fraction of sp³-hybridized carbons (Fsp3) is 0.200. The number of benzene rings is 1. The minimum atomic E-state index is -4.15. The van der Waals surface area contributed by atoms with Crippen LogP contribution in [0, 0.1) is 12.7 Å². The molecule has 24 heavy (non-hydrogen) atoms. The van der Waals surface area contributed by atoms with Gasteiger partial charge in [-0.25, -0.2) is 28.6 Å². The van der Waals surface area contributed by atoms with Crippen LogP contribution < -0.4 is 11.3 Å². The Kier molecular flexibility index (Phi) is 5.15. The Labute approximate surface area is 139 Å². The fourth-order valence-electron chi connectivity index (χ4n) is 2.18. The summed E-state index contributed by atoms with van der Waals surface area (Å²) in [6.07, 6.45) is 1.44. The van der Waals surface area contributed by atoms with E-state index in [1.807, 2.05) is 13.8 Å². The number of H-pyrrole nitrogens is 1. The lowest BCUT2D eigenvalue weighted by molar-refractivity contribution is 0.567. The second-order valence-electron chi connectivity index (χ2n) is 4.59. The predicted octanol–water partition coefficient (Wildman–Crippen LogP) is 2.55. The van der Waals surface area contributed by atoms with E-state index in [-0.39, 0.29) is 16.2 Å². The van der Waals surface area contributed by atoms with Crippen LogP contribution in [0.25, 0.3) is 11.0 Å². The first kappa shape index (κ1) is 17.8. The highest BCUT2D eigenvalue weighted by molar-refractivity contribution is 7.92. The molecule has 2 heterocycles. The standard InChI is InChI=1S/C13H12FN5O2S.C2H6/c1-7-16-6-9-11(17-7)12(13(18-9)19-15)22(20,21)10-5-3-2-4-8(10)14;1-2/h2-6,18-19H,15H2,1H3;1-2H3. The summed E-state index contributed by atoms with van der Waals surface area (Å²) >= 11 is 0. The van der Waals surface area contributed by atoms with Crippen molar-refractivity contribution in [2.75, 3.05) is 5.43 Å². The molecule has 1 aromatic carbocycles. The number of aryl methyl sites for hydroxylation is 1. The molecule has 3 aromatic rings. The van der Waals surface area contributed by atoms with Crippen molar-refractivity contribution in [3.05, 3.63) is 42.1 Å². The largest absolute Gasteiger partial charge is 0.337 e. The molecule has 2 aromatic heterocycles. The van der Waals surface area contributed by atoms with Gasteiger partial charge in [0.1, 0.15) is 32.8 Å². The number of aromatic nitrogens is 3. The molecule has 0 radical (unpaired) electrons. The number of aromatic amines is 1. The lowest BCUT2D eigenvalue weighted by Gasteiger charge is -2.07. The Hall–Kier alpha value is -2.52. The number of nitrogens with zero attached hydrogens (tertiary/aromatic N) is 2. The second kappa shape index (κ2) is 6.93. The highest BCUT2D eigenvalue weighted by atomic mass is 32.2. The maximum absolute atomic E-state index is 13.9. The quantitative estimate of drug-likeness (QED) is 0.493. The van der Waals surface area contributed by atoms with Crippen molar-refractivity contribution in [1.82, 2.24) is 15.0 Å². The van der Waals surface area contributed by atoms with Gasteiger partial charge in [-0.15, -0.1) is 0 Å². The molecule has 0 saturated heterocycles. The van der Waals surface area contributed by atoms with Crippen molar-refractivity contribution < 1.29 is 12.8 Å². The van der Waals surface area contributed by atoms with E-state index in [0.29, 0.717) is 11.3 Å². The van der Waals surface area contributed by atoms with Crippen LogP contribution >= 0.6 is 0 Å². The van der Waals surface area contributed by atoms with E-state index in [1.54, 1.807) is 6.92 Å². The van der Waals surface area contributed by atoms with Crippen LogP contribution in [0.3, 0.4) is 0 Å². The van der Waals surface area contributed by atoms with Gasteiger partial charge in [-0.05, 0) is 19.1 Å². The Morgan fingerprint density at radius 1 is 1.25 bits per heavy atom. The summed E-state index contributed by atoms with van der Waals surface area (Å²) in [7, 11) is -4.15. The molecule has 0 fully saturated rings. The predicted molar refractivity (Wildman–Crippen MR) is 89.6 cm³/mol. The molecule has 7 nitrogen and oxygen atoms in total. The van der Waals surface area contributed by atoms with Gasteiger partial charge in [-0.2, -0.15) is 0 Å². The van der Waals surface area contributed by atoms with Crippen LogP contribution in [-0.2, 0) is 9.84 Å². The summed E-state index contributed by atoms with van der Waals surface area (Å²) in [6, 6.07) is 5.13. The molecule has 0 amide bonds. The Morgan fingerprint density at radius 2 is 1.92 bits per heavy atom. The summed E-state index contributed by atoms with van der Waals surface area (Å²) in [4.78, 5) is 10.2. The Balaban J connectivity index is 0.00000100. The van der Waals surface area contributed by atoms with Crippen LogP contribution in [0.2, 0.25) is 0 Å². The minimum Gasteiger partial charge on any atom is -0.337 e. The number of hydrogen-bond donors (Lipinski definition) is 3. The third-order valence-electron chi connectivity index (χ3n) is 3.15. The lowest BCUT2D eigenvalue weighted by Crippen LogP contribution is -2.12. The van der Waals surface area contributed by atoms with Crippen molar-refractivity contribution in [1.29, 1.82) is 0 Å². The van der Waals surface area contributed by atoms with E-state index in [0.717, 1.165) is 6.07 Å². The molecule has 0 unspecified atom stereocenters. The zero-order valence-electron chi connectivity index (χ0n) is 13.5. The van der Waals surface area contributed by atoms with E-state index in [2.05, 4.69) is 20.4 Å². The molecule has 0 saturated carbocycles. The first-order valence-electron chi connectivity index (χ1n) is 7.26. The maximum atomic E-state index is 13.9. The summed E-state index contributed by atoms with van der Waals surface area (Å²) in [5.74, 6) is 4.95. The number of hydrazine groups is 1. The number of nitrogens with two attached hydrogens (primary N) is 1. The zero-order valence-corrected chi connectivity index (χ0v) is 14.3. The van der Waals surface area contributed by atoms with Gasteiger partial charge in [0.15, 0.2) is 0 Å². The average Bonchev–Trinajstić information content (AvgIpc) is 2.95. The van der Waals surface area contributed by atoms with E-state index in [4.69, 9.17) is 5.84 Å². The Morgan fingerprint density at radius 3 is 2.54 bits per heavy atom. The van der Waals surface area contributed by atoms with E-state index in [9.17, 15) is 12.8 Å². The summed E-state index contributed by atoms with van der Waals surface area (Å²) < 4.78 is 39.5. The number of halogens is 1. The maximum Gasteiger partial charge on any atom is 0.215 e. The fourth-order valence-corrected chi connectivity index (χ4v) is 3.77. The molecule has 0 aliphatic heterocycles. The number of rotatable bonds is 3. The first-order chi connectivity index (χ1) is 11.4. The van der Waals surface area contributed by atoms with Crippen LogP contribution in [0.15, 0.2) is 40.3 Å². The van der Waals surface area contributed by atoms with Crippen LogP contribution in [0.1, 0.15) is 19.7 Å². The number of nitrogen functional groups attached to an aromatic ring is 1. The second-order valence-corrected chi connectivity index (χ2v) is 6.44. The molecule has 0 aliphatic carbocycles. The summed E-state index contributed by atoms with van der Waals surface area (Å²) in [5, 5.41) is 0. The normalized spacial score (nSPS) is 11.0. The van der Waals surface area contributed by atoms with Gasteiger partial charge < -0.3 is 10.4 Å². The number of anilines is 1. The first-order valence-corrected chi connectivity index (χ1v) is 8.75. The van der Waals surface area contributed by atoms with E-state index in [1.165, 1.54) is 24.4 Å². The third kappa shape index (κ3) is 2.95. The van der Waals surface area contributed by atoms with Crippen LogP contribution in [0.5, 0.6) is 0 Å². The monoisotopic (exact) mass is 351 g/mol. The van der Waals surface area contributed by atoms with Gasteiger partial charge in [-0.1, -0.05) is 26.0 Å². The average molecular weight is 351 g/mol. The van der Waals surface area contributed by atoms with Gasteiger partial charge in [0.2, 0.25) is 9.84 Å². The molecule has 4 N–H and O–H groups in total. The highest BCUT2D eigenvalue weighted by Gasteiger charge is 2.29. The van der Waals surface area contributed by atoms with Gasteiger partial charge in [-0.3, -0.25) is 0 Å². The molecule has 0 bridgehead atoms. The molecule has 0 spiro atoms. The van der Waals surface area contributed by atoms with Gasteiger partial charge in [0.25, 0.3) is 0 Å². The summed E-state index contributed by atoms with van der Waals surface area (Å²) in [6.45, 7) is 5.63. The number of fused-ring (bicyclic) bond motifs is 1. The molecular weight excluding hydrogens is 333 g/mol. The zero-order chi connectivity index (χ0) is 17.9. The van der Waals surface area contributed by atoms with Crippen molar-refractivity contribution in [3.63, 3.8) is 0 Å². The van der Waals surface area contributed by atoms with Gasteiger partial charge in [0, 0.05) is 0 Å². The van der Waals surface area contributed by atoms with Crippen molar-refractivity contribution in [2.24, 2.45) is 5.84 Å². The number of sulfone groups is 1. The van der Waals surface area contributed by atoms with Crippen molar-refractivity contribution in [2.45, 2.75) is 30.6 Å². The van der Waals surface area contributed by atoms with Gasteiger partial charge in [0.05, 0.1) is 11.7 Å². The molecule has 0 aliphatic rings. The number of hydrogen-bond acceptors (Lipinski definition) is 6. The highest BCUT2D eigenvalue weighted by Crippen LogP contribution is 2.33. The third-order valence-corrected chi connectivity index (χ3v) is 5.00. The topological polar surface area (TPSA) is 114 Å². The van der Waals surface area contributed by atoms with Crippen molar-refractivity contribution >= 4 is 26.7 Å². The van der Waals surface area contributed by atoms with Gasteiger partial charge >= 0.3 is 0 Å².